The minimum absolute atomic E-state index is 0.204. The lowest BCUT2D eigenvalue weighted by atomic mass is 10.4. The molecule has 1 N–H and O–H groups in total. The average Bonchev–Trinajstić information content (AvgIpc) is 2.54. The first-order chi connectivity index (χ1) is 5.83. The minimum Gasteiger partial charge on any atom is -0.280 e. The smallest absolute Gasteiger partial charge is 0.280 e. The molecule has 5 heteroatoms. The van der Waals surface area contributed by atoms with Gasteiger partial charge in [0.15, 0.2) is 0 Å². The van der Waals surface area contributed by atoms with Crippen molar-refractivity contribution in [3.05, 3.63) is 28.7 Å². The number of hydrogen-bond donors (Lipinski definition) is 1. The zero-order valence-electron chi connectivity index (χ0n) is 6.61. The largest absolute Gasteiger partial charge is 0.290 e. The van der Waals surface area contributed by atoms with E-state index in [-0.39, 0.29) is 5.56 Å². The molecule has 2 heterocycles. The normalized spacial score (nSPS) is 10.8. The van der Waals surface area contributed by atoms with Crippen LogP contribution in [0, 0.1) is 0 Å². The Morgan fingerprint density at radius 1 is 1.67 bits per heavy atom. The molecule has 0 spiro atoms. The van der Waals surface area contributed by atoms with Crippen LogP contribution in [-0.2, 0) is 6.42 Å². The summed E-state index contributed by atoms with van der Waals surface area (Å²) in [5.41, 5.74) is 0.339. The van der Waals surface area contributed by atoms with Gasteiger partial charge in [-0.05, 0) is 0 Å². The van der Waals surface area contributed by atoms with Gasteiger partial charge in [-0.3, -0.25) is 9.20 Å². The summed E-state index contributed by atoms with van der Waals surface area (Å²) in [5.74, 6) is 0.808. The van der Waals surface area contributed by atoms with Crippen LogP contribution >= 0.6 is 0 Å². The second-order valence-electron chi connectivity index (χ2n) is 2.47. The third-order valence-electron chi connectivity index (χ3n) is 1.75. The summed E-state index contributed by atoms with van der Waals surface area (Å²) >= 11 is 0. The minimum atomic E-state index is -0.204. The van der Waals surface area contributed by atoms with Crippen molar-refractivity contribution in [1.82, 2.24) is 19.6 Å². The Kier molecular flexibility index (Phi) is 1.43. The van der Waals surface area contributed by atoms with E-state index in [0.29, 0.717) is 5.52 Å². The first-order valence-corrected chi connectivity index (χ1v) is 3.72. The van der Waals surface area contributed by atoms with Gasteiger partial charge in [0.1, 0.15) is 17.7 Å². The number of aromatic amines is 1. The maximum Gasteiger partial charge on any atom is 0.290 e. The van der Waals surface area contributed by atoms with Gasteiger partial charge in [-0.15, -0.1) is 0 Å². The zero-order valence-corrected chi connectivity index (χ0v) is 6.61. The van der Waals surface area contributed by atoms with E-state index in [1.807, 2.05) is 6.92 Å². The van der Waals surface area contributed by atoms with Crippen LogP contribution in [0.5, 0.6) is 0 Å². The predicted octanol–water partition coefficient (Wildman–Crippen LogP) is -0.0200. The summed E-state index contributed by atoms with van der Waals surface area (Å²) in [6.45, 7) is 1.97. The number of hydrogen-bond acceptors (Lipinski definition) is 3. The molecule has 0 saturated heterocycles. The van der Waals surface area contributed by atoms with E-state index in [9.17, 15) is 4.79 Å². The Labute approximate surface area is 68.1 Å². The van der Waals surface area contributed by atoms with Crippen LogP contribution < -0.4 is 5.56 Å². The van der Waals surface area contributed by atoms with Crippen LogP contribution in [0.4, 0.5) is 0 Å². The van der Waals surface area contributed by atoms with E-state index in [0.717, 1.165) is 12.2 Å². The Balaban J connectivity index is 2.92. The van der Waals surface area contributed by atoms with E-state index in [1.165, 1.54) is 6.20 Å². The molecule has 0 aliphatic heterocycles. The standard InChI is InChI=1S/C7H8N4O/c1-2-6-9-10-7(12)5-3-8-4-11(5)6/h3-4H,2H2,1H3,(H,10,12). The number of fused-ring (bicyclic) bond motifs is 1. The molecule has 2 aromatic heterocycles. The van der Waals surface area contributed by atoms with Crippen LogP contribution in [0.15, 0.2) is 17.3 Å². The first kappa shape index (κ1) is 7.02. The molecule has 0 radical (unpaired) electrons. The Hall–Kier alpha value is -1.65. The van der Waals surface area contributed by atoms with E-state index in [1.54, 1.807) is 10.7 Å². The summed E-state index contributed by atoms with van der Waals surface area (Å²) in [6, 6.07) is 0. The lowest BCUT2D eigenvalue weighted by Crippen LogP contribution is -2.14. The molecule has 0 bridgehead atoms. The quantitative estimate of drug-likeness (QED) is 0.644. The van der Waals surface area contributed by atoms with Crippen LogP contribution in [0.25, 0.3) is 5.52 Å². The van der Waals surface area contributed by atoms with Crippen molar-refractivity contribution < 1.29 is 0 Å². The van der Waals surface area contributed by atoms with Gasteiger partial charge in [-0.1, -0.05) is 6.92 Å². The summed E-state index contributed by atoms with van der Waals surface area (Å²) in [6.07, 6.45) is 3.89. The van der Waals surface area contributed by atoms with Gasteiger partial charge in [0.05, 0.1) is 6.20 Å². The number of imidazole rings is 1. The molecular formula is C7H8N4O. The topological polar surface area (TPSA) is 63.0 Å². The highest BCUT2D eigenvalue weighted by Gasteiger charge is 2.02. The fraction of sp³-hybridized carbons (Fsp3) is 0.286. The van der Waals surface area contributed by atoms with E-state index >= 15 is 0 Å². The lowest BCUT2D eigenvalue weighted by Gasteiger charge is -1.97. The molecule has 2 aromatic rings. The average molecular weight is 164 g/mol. The van der Waals surface area contributed by atoms with E-state index < -0.39 is 0 Å². The zero-order chi connectivity index (χ0) is 8.55. The van der Waals surface area contributed by atoms with Gasteiger partial charge in [-0.25, -0.2) is 10.1 Å². The van der Waals surface area contributed by atoms with Crippen molar-refractivity contribution in [2.75, 3.05) is 0 Å². The summed E-state index contributed by atoms with van der Waals surface area (Å²) < 4.78 is 1.69. The number of aryl methyl sites for hydroxylation is 1. The Bertz CT molecular complexity index is 456. The fourth-order valence-corrected chi connectivity index (χ4v) is 1.14. The summed E-state index contributed by atoms with van der Waals surface area (Å²) in [5, 5.41) is 6.30. The Morgan fingerprint density at radius 3 is 3.25 bits per heavy atom. The van der Waals surface area contributed by atoms with Crippen molar-refractivity contribution in [3.63, 3.8) is 0 Å². The summed E-state index contributed by atoms with van der Waals surface area (Å²) in [7, 11) is 0. The molecule has 0 saturated carbocycles. The second-order valence-corrected chi connectivity index (χ2v) is 2.47. The SMILES string of the molecule is CCc1n[nH]c(=O)c2cncn12. The molecule has 12 heavy (non-hydrogen) atoms. The van der Waals surface area contributed by atoms with Gasteiger partial charge in [0, 0.05) is 6.42 Å². The number of nitrogens with zero attached hydrogens (tertiary/aromatic N) is 3. The predicted molar refractivity (Wildman–Crippen MR) is 43.0 cm³/mol. The highest BCUT2D eigenvalue weighted by molar-refractivity contribution is 5.41. The Morgan fingerprint density at radius 2 is 2.50 bits per heavy atom. The van der Waals surface area contributed by atoms with Gasteiger partial charge in [-0.2, -0.15) is 5.10 Å². The molecule has 0 aliphatic rings. The molecule has 2 rings (SSSR count). The fourth-order valence-electron chi connectivity index (χ4n) is 1.14. The molecule has 0 fully saturated rings. The van der Waals surface area contributed by atoms with Crippen LogP contribution in [0.1, 0.15) is 12.7 Å². The number of H-pyrrole nitrogens is 1. The highest BCUT2D eigenvalue weighted by Crippen LogP contribution is 1.97. The van der Waals surface area contributed by atoms with E-state index in [4.69, 9.17) is 0 Å². The van der Waals surface area contributed by atoms with Crippen molar-refractivity contribution in [1.29, 1.82) is 0 Å². The summed E-state index contributed by atoms with van der Waals surface area (Å²) in [4.78, 5) is 15.0. The molecule has 0 unspecified atom stereocenters. The van der Waals surface area contributed by atoms with Gasteiger partial charge < -0.3 is 0 Å². The second kappa shape index (κ2) is 2.44. The monoisotopic (exact) mass is 164 g/mol. The molecule has 0 aliphatic carbocycles. The van der Waals surface area contributed by atoms with Gasteiger partial charge >= 0.3 is 0 Å². The van der Waals surface area contributed by atoms with Crippen molar-refractivity contribution >= 4 is 5.52 Å². The van der Waals surface area contributed by atoms with Gasteiger partial charge in [0.25, 0.3) is 5.56 Å². The molecule has 0 atom stereocenters. The van der Waals surface area contributed by atoms with E-state index in [2.05, 4.69) is 15.2 Å². The van der Waals surface area contributed by atoms with Crippen LogP contribution in [0.3, 0.4) is 0 Å². The first-order valence-electron chi connectivity index (χ1n) is 3.72. The third kappa shape index (κ3) is 0.827. The number of rotatable bonds is 1. The molecule has 5 nitrogen and oxygen atoms in total. The molecule has 62 valence electrons. The van der Waals surface area contributed by atoms with Crippen LogP contribution in [-0.4, -0.2) is 19.6 Å². The van der Waals surface area contributed by atoms with Crippen molar-refractivity contribution in [2.45, 2.75) is 13.3 Å². The third-order valence-corrected chi connectivity index (χ3v) is 1.75. The van der Waals surface area contributed by atoms with Crippen molar-refractivity contribution in [2.24, 2.45) is 0 Å². The molecular weight excluding hydrogens is 156 g/mol. The number of nitrogens with one attached hydrogen (secondary N) is 1. The van der Waals surface area contributed by atoms with Crippen molar-refractivity contribution in [3.8, 4) is 0 Å². The highest BCUT2D eigenvalue weighted by atomic mass is 16.1. The molecule has 0 amide bonds. The molecule has 0 aromatic carbocycles. The number of aromatic nitrogens is 4. The van der Waals surface area contributed by atoms with Gasteiger partial charge in [0.2, 0.25) is 0 Å². The van der Waals surface area contributed by atoms with Crippen LogP contribution in [0.2, 0.25) is 0 Å². The maximum atomic E-state index is 11.1. The lowest BCUT2D eigenvalue weighted by molar-refractivity contribution is 0.806. The maximum absolute atomic E-state index is 11.1.